The van der Waals surface area contributed by atoms with Gasteiger partial charge in [0.1, 0.15) is 5.70 Å². The molecule has 1 heterocycles. The average Bonchev–Trinajstić information content (AvgIpc) is 2.52. The number of carbonyl (C=O) groups excluding carboxylic acids is 1. The number of benzene rings is 1. The van der Waals surface area contributed by atoms with Crippen LogP contribution in [0.5, 0.6) is 0 Å². The molecule has 88 valence electrons. The van der Waals surface area contributed by atoms with Crippen molar-refractivity contribution in [3.05, 3.63) is 39.5 Å². The summed E-state index contributed by atoms with van der Waals surface area (Å²) >= 11 is 16.7. The molecule has 0 atom stereocenters. The van der Waals surface area contributed by atoms with Gasteiger partial charge in [-0.15, -0.1) is 0 Å². The normalized spacial score (nSPS) is 17.8. The van der Waals surface area contributed by atoms with Gasteiger partial charge in [0, 0.05) is 7.05 Å². The van der Waals surface area contributed by atoms with Gasteiger partial charge in [0.2, 0.25) is 0 Å². The van der Waals surface area contributed by atoms with Crippen LogP contribution in [0.1, 0.15) is 5.56 Å². The molecular weight excluding hydrogens is 279 g/mol. The van der Waals surface area contributed by atoms with Crippen LogP contribution in [-0.2, 0) is 4.79 Å². The summed E-state index contributed by atoms with van der Waals surface area (Å²) in [7, 11) is 1.62. The van der Waals surface area contributed by atoms with E-state index in [0.29, 0.717) is 20.9 Å². The van der Waals surface area contributed by atoms with Gasteiger partial charge in [-0.1, -0.05) is 29.3 Å². The Morgan fingerprint density at radius 3 is 2.59 bits per heavy atom. The van der Waals surface area contributed by atoms with Gasteiger partial charge in [-0.05, 0) is 36.0 Å². The molecule has 17 heavy (non-hydrogen) atoms. The van der Waals surface area contributed by atoms with Gasteiger partial charge >= 0.3 is 0 Å². The molecule has 0 bridgehead atoms. The van der Waals surface area contributed by atoms with Crippen LogP contribution < -0.4 is 5.32 Å². The minimum Gasteiger partial charge on any atom is -0.328 e. The lowest BCUT2D eigenvalue weighted by atomic mass is 10.2. The van der Waals surface area contributed by atoms with E-state index in [0.717, 1.165) is 5.56 Å². The monoisotopic (exact) mass is 286 g/mol. The van der Waals surface area contributed by atoms with Crippen molar-refractivity contribution < 1.29 is 4.79 Å². The zero-order valence-electron chi connectivity index (χ0n) is 8.83. The summed E-state index contributed by atoms with van der Waals surface area (Å²) in [6.07, 6.45) is 1.68. The summed E-state index contributed by atoms with van der Waals surface area (Å²) in [5.41, 5.74) is 1.21. The van der Waals surface area contributed by atoms with E-state index >= 15 is 0 Å². The van der Waals surface area contributed by atoms with E-state index in [1.54, 1.807) is 31.3 Å². The van der Waals surface area contributed by atoms with Crippen LogP contribution in [0.15, 0.2) is 23.9 Å². The Hall–Kier alpha value is -1.10. The number of thiocarbonyl (C=S) groups is 1. The van der Waals surface area contributed by atoms with Crippen molar-refractivity contribution in [1.82, 2.24) is 10.2 Å². The van der Waals surface area contributed by atoms with E-state index in [-0.39, 0.29) is 5.91 Å². The van der Waals surface area contributed by atoms with Crippen LogP contribution in [0.2, 0.25) is 10.0 Å². The molecule has 2 rings (SSSR count). The van der Waals surface area contributed by atoms with Crippen molar-refractivity contribution in [2.75, 3.05) is 7.05 Å². The Morgan fingerprint density at radius 2 is 2.06 bits per heavy atom. The smallest absolute Gasteiger partial charge is 0.276 e. The Kier molecular flexibility index (Phi) is 3.38. The molecule has 1 aromatic carbocycles. The molecule has 0 radical (unpaired) electrons. The van der Waals surface area contributed by atoms with Gasteiger partial charge in [0.25, 0.3) is 5.91 Å². The minimum atomic E-state index is -0.166. The van der Waals surface area contributed by atoms with E-state index in [2.05, 4.69) is 5.32 Å². The van der Waals surface area contributed by atoms with Crippen molar-refractivity contribution in [3.8, 4) is 0 Å². The van der Waals surface area contributed by atoms with Crippen LogP contribution in [0.4, 0.5) is 0 Å². The molecule has 6 heteroatoms. The zero-order chi connectivity index (χ0) is 12.6. The fourth-order valence-electron chi connectivity index (χ4n) is 1.39. The minimum absolute atomic E-state index is 0.166. The second-order valence-corrected chi connectivity index (χ2v) is 4.73. The van der Waals surface area contributed by atoms with Gasteiger partial charge in [-0.3, -0.25) is 9.69 Å². The van der Waals surface area contributed by atoms with Crippen molar-refractivity contribution in [2.24, 2.45) is 0 Å². The third-order valence-corrected chi connectivity index (χ3v) is 3.45. The summed E-state index contributed by atoms with van der Waals surface area (Å²) < 4.78 is 0. The number of likely N-dealkylation sites (N-methyl/N-ethyl adjacent to an activating group) is 1. The standard InChI is InChI=1S/C11H8Cl2N2OS/c1-15-10(16)9(14-11(15)17)5-6-2-3-7(12)8(13)4-6/h2-5H,1H3,(H,14,17)/b9-5-. The topological polar surface area (TPSA) is 32.3 Å². The highest BCUT2D eigenvalue weighted by molar-refractivity contribution is 7.80. The quantitative estimate of drug-likeness (QED) is 0.636. The summed E-state index contributed by atoms with van der Waals surface area (Å²) in [6.45, 7) is 0. The summed E-state index contributed by atoms with van der Waals surface area (Å²) in [5.74, 6) is -0.166. The maximum atomic E-state index is 11.7. The Balaban J connectivity index is 2.34. The molecule has 1 N–H and O–H groups in total. The second kappa shape index (κ2) is 4.64. The number of nitrogens with zero attached hydrogens (tertiary/aromatic N) is 1. The number of rotatable bonds is 1. The Labute approximate surface area is 114 Å². The van der Waals surface area contributed by atoms with Crippen LogP contribution in [0.25, 0.3) is 6.08 Å². The molecule has 0 spiro atoms. The lowest BCUT2D eigenvalue weighted by Crippen LogP contribution is -2.25. The van der Waals surface area contributed by atoms with Crippen molar-refractivity contribution in [2.45, 2.75) is 0 Å². The number of halogens is 2. The average molecular weight is 287 g/mol. The zero-order valence-corrected chi connectivity index (χ0v) is 11.2. The third-order valence-electron chi connectivity index (χ3n) is 2.34. The van der Waals surface area contributed by atoms with E-state index in [4.69, 9.17) is 35.4 Å². The largest absolute Gasteiger partial charge is 0.328 e. The van der Waals surface area contributed by atoms with Crippen molar-refractivity contribution in [3.63, 3.8) is 0 Å². The molecule has 0 aromatic heterocycles. The van der Waals surface area contributed by atoms with Gasteiger partial charge in [0.05, 0.1) is 10.0 Å². The molecule has 1 saturated heterocycles. The first-order chi connectivity index (χ1) is 7.99. The van der Waals surface area contributed by atoms with Gasteiger partial charge < -0.3 is 5.32 Å². The summed E-state index contributed by atoms with van der Waals surface area (Å²) in [6, 6.07) is 5.14. The SMILES string of the molecule is CN1C(=O)/C(=C/c2ccc(Cl)c(Cl)c2)NC1=S. The fourth-order valence-corrected chi connectivity index (χ4v) is 1.89. The highest BCUT2D eigenvalue weighted by Gasteiger charge is 2.26. The van der Waals surface area contributed by atoms with Gasteiger partial charge in [-0.2, -0.15) is 0 Å². The molecule has 0 aliphatic carbocycles. The molecule has 0 unspecified atom stereocenters. The van der Waals surface area contributed by atoms with E-state index < -0.39 is 0 Å². The number of amides is 1. The van der Waals surface area contributed by atoms with Gasteiger partial charge in [0.15, 0.2) is 5.11 Å². The van der Waals surface area contributed by atoms with Crippen molar-refractivity contribution >= 4 is 52.5 Å². The van der Waals surface area contributed by atoms with Crippen molar-refractivity contribution in [1.29, 1.82) is 0 Å². The number of nitrogens with one attached hydrogen (secondary N) is 1. The lowest BCUT2D eigenvalue weighted by molar-refractivity contribution is -0.121. The fraction of sp³-hybridized carbons (Fsp3) is 0.0909. The first-order valence-corrected chi connectivity index (χ1v) is 5.91. The molecule has 1 aliphatic heterocycles. The summed E-state index contributed by atoms with van der Waals surface area (Å²) in [4.78, 5) is 13.1. The number of carbonyl (C=O) groups is 1. The van der Waals surface area contributed by atoms with E-state index in [9.17, 15) is 4.79 Å². The van der Waals surface area contributed by atoms with Gasteiger partial charge in [-0.25, -0.2) is 0 Å². The highest BCUT2D eigenvalue weighted by atomic mass is 35.5. The Morgan fingerprint density at radius 1 is 1.35 bits per heavy atom. The molecule has 3 nitrogen and oxygen atoms in total. The predicted octanol–water partition coefficient (Wildman–Crippen LogP) is 2.68. The maximum absolute atomic E-state index is 11.7. The predicted molar refractivity (Wildman–Crippen MR) is 72.9 cm³/mol. The van der Waals surface area contributed by atoms with E-state index in [1.165, 1.54) is 4.90 Å². The molecule has 0 saturated carbocycles. The molecule has 1 fully saturated rings. The number of hydrogen-bond donors (Lipinski definition) is 1. The third kappa shape index (κ3) is 2.44. The maximum Gasteiger partial charge on any atom is 0.276 e. The second-order valence-electron chi connectivity index (χ2n) is 3.53. The van der Waals surface area contributed by atoms with E-state index in [1.807, 2.05) is 0 Å². The summed E-state index contributed by atoms with van der Waals surface area (Å²) in [5, 5.41) is 4.14. The van der Waals surface area contributed by atoms with Crippen LogP contribution >= 0.6 is 35.4 Å². The number of hydrogen-bond acceptors (Lipinski definition) is 2. The first-order valence-electron chi connectivity index (χ1n) is 4.75. The molecular formula is C11H8Cl2N2OS. The highest BCUT2D eigenvalue weighted by Crippen LogP contribution is 2.24. The first kappa shape index (κ1) is 12.4. The van der Waals surface area contributed by atoms with Crippen LogP contribution in [0, 0.1) is 0 Å². The Bertz CT molecular complexity index is 542. The molecule has 1 amide bonds. The molecule has 1 aromatic rings. The molecule has 1 aliphatic rings. The lowest BCUT2D eigenvalue weighted by Gasteiger charge is -2.02. The van der Waals surface area contributed by atoms with Crippen LogP contribution in [-0.4, -0.2) is 23.0 Å². The van der Waals surface area contributed by atoms with Crippen LogP contribution in [0.3, 0.4) is 0 Å².